The van der Waals surface area contributed by atoms with Gasteiger partial charge in [0.2, 0.25) is 5.82 Å². The maximum atomic E-state index is 15.1. The van der Waals surface area contributed by atoms with Crippen molar-refractivity contribution in [1.29, 1.82) is 0 Å². The van der Waals surface area contributed by atoms with Gasteiger partial charge in [0, 0.05) is 11.1 Å². The fraction of sp³-hybridized carbons (Fsp3) is 0.353. The summed E-state index contributed by atoms with van der Waals surface area (Å²) in [6, 6.07) is 15.4. The zero-order chi connectivity index (χ0) is 26.9. The van der Waals surface area contributed by atoms with Crippen LogP contribution in [0.2, 0.25) is 0 Å². The monoisotopic (exact) mass is 518 g/mol. The number of benzene rings is 3. The minimum absolute atomic E-state index is 0.0562. The van der Waals surface area contributed by atoms with Crippen LogP contribution < -0.4 is 4.74 Å². The normalized spacial score (nSPS) is 15.6. The molecule has 1 unspecified atom stereocenters. The van der Waals surface area contributed by atoms with Gasteiger partial charge in [-0.25, -0.2) is 8.78 Å². The second-order valence-corrected chi connectivity index (χ2v) is 10.1. The molecular weight excluding hydrogens is 481 g/mol. The van der Waals surface area contributed by atoms with Crippen molar-refractivity contribution >= 4 is 5.57 Å². The SMILES string of the molecule is C/C=C/C1CC=C(c2ccc(-c3ccc(-c4ccc(OCCCCCCC)c(F)c4F)cc3)cc2F)CC1. The maximum absolute atomic E-state index is 15.1. The summed E-state index contributed by atoms with van der Waals surface area (Å²) in [7, 11) is 0. The second-order valence-electron chi connectivity index (χ2n) is 10.1. The first-order valence-electron chi connectivity index (χ1n) is 13.8. The topological polar surface area (TPSA) is 9.23 Å². The summed E-state index contributed by atoms with van der Waals surface area (Å²) in [5.74, 6) is -1.65. The first-order valence-corrected chi connectivity index (χ1v) is 13.8. The minimum Gasteiger partial charge on any atom is -0.490 e. The second kappa shape index (κ2) is 13.5. The van der Waals surface area contributed by atoms with Gasteiger partial charge in [-0.1, -0.05) is 87.2 Å². The molecule has 0 saturated heterocycles. The average Bonchev–Trinajstić information content (AvgIpc) is 2.94. The van der Waals surface area contributed by atoms with Crippen molar-refractivity contribution in [3.63, 3.8) is 0 Å². The summed E-state index contributed by atoms with van der Waals surface area (Å²) < 4.78 is 50.1. The van der Waals surface area contributed by atoms with Crippen LogP contribution in [0, 0.1) is 23.4 Å². The lowest BCUT2D eigenvalue weighted by Crippen LogP contribution is -2.03. The zero-order valence-electron chi connectivity index (χ0n) is 22.4. The van der Waals surface area contributed by atoms with E-state index in [1.54, 1.807) is 24.3 Å². The van der Waals surface area contributed by atoms with E-state index in [9.17, 15) is 8.78 Å². The van der Waals surface area contributed by atoms with Crippen LogP contribution in [-0.4, -0.2) is 6.61 Å². The summed E-state index contributed by atoms with van der Waals surface area (Å²) in [5, 5.41) is 0. The predicted octanol–water partition coefficient (Wildman–Crippen LogP) is 10.5. The third-order valence-corrected chi connectivity index (χ3v) is 7.31. The number of rotatable bonds is 11. The first kappa shape index (κ1) is 27.8. The molecule has 38 heavy (non-hydrogen) atoms. The summed E-state index contributed by atoms with van der Waals surface area (Å²) in [4.78, 5) is 0. The molecule has 0 saturated carbocycles. The van der Waals surface area contributed by atoms with Gasteiger partial charge in [0.15, 0.2) is 11.6 Å². The molecule has 0 fully saturated rings. The van der Waals surface area contributed by atoms with Crippen molar-refractivity contribution in [2.24, 2.45) is 5.92 Å². The van der Waals surface area contributed by atoms with Crippen molar-refractivity contribution in [3.05, 3.63) is 95.8 Å². The van der Waals surface area contributed by atoms with Gasteiger partial charge in [0.1, 0.15) is 5.82 Å². The number of ether oxygens (including phenoxy) is 1. The van der Waals surface area contributed by atoms with Crippen LogP contribution in [0.4, 0.5) is 13.2 Å². The molecule has 0 bridgehead atoms. The van der Waals surface area contributed by atoms with Gasteiger partial charge < -0.3 is 4.74 Å². The van der Waals surface area contributed by atoms with Crippen molar-refractivity contribution in [3.8, 4) is 28.0 Å². The number of unbranched alkanes of at least 4 members (excludes halogenated alkanes) is 4. The van der Waals surface area contributed by atoms with E-state index >= 15 is 4.39 Å². The molecule has 4 rings (SSSR count). The summed E-state index contributed by atoms with van der Waals surface area (Å²) in [6.07, 6.45) is 14.6. The van der Waals surface area contributed by atoms with E-state index in [4.69, 9.17) is 4.74 Å². The molecule has 0 radical (unpaired) electrons. The molecule has 1 aliphatic carbocycles. The van der Waals surface area contributed by atoms with Gasteiger partial charge in [-0.3, -0.25) is 0 Å². The molecule has 0 aromatic heterocycles. The van der Waals surface area contributed by atoms with E-state index in [0.29, 0.717) is 23.7 Å². The molecule has 1 nitrogen and oxygen atoms in total. The molecule has 0 amide bonds. The van der Waals surface area contributed by atoms with E-state index in [1.165, 1.54) is 12.5 Å². The molecule has 0 N–H and O–H groups in total. The van der Waals surface area contributed by atoms with E-state index in [0.717, 1.165) is 61.6 Å². The maximum Gasteiger partial charge on any atom is 0.201 e. The van der Waals surface area contributed by atoms with E-state index in [2.05, 4.69) is 25.2 Å². The van der Waals surface area contributed by atoms with Crippen molar-refractivity contribution < 1.29 is 17.9 Å². The van der Waals surface area contributed by atoms with Crippen LogP contribution in [-0.2, 0) is 0 Å². The minimum atomic E-state index is -0.966. The van der Waals surface area contributed by atoms with Crippen LogP contribution in [0.1, 0.15) is 70.8 Å². The Morgan fingerprint density at radius 2 is 1.53 bits per heavy atom. The van der Waals surface area contributed by atoms with Gasteiger partial charge in [-0.2, -0.15) is 4.39 Å². The van der Waals surface area contributed by atoms with Crippen LogP contribution in [0.3, 0.4) is 0 Å². The highest BCUT2D eigenvalue weighted by molar-refractivity contribution is 5.74. The number of halogens is 3. The first-order chi connectivity index (χ1) is 18.5. The fourth-order valence-electron chi connectivity index (χ4n) is 5.10. The Labute approximate surface area is 225 Å². The van der Waals surface area contributed by atoms with Crippen LogP contribution >= 0.6 is 0 Å². The Balaban J connectivity index is 1.43. The smallest absolute Gasteiger partial charge is 0.201 e. The summed E-state index contributed by atoms with van der Waals surface area (Å²) >= 11 is 0. The fourth-order valence-corrected chi connectivity index (χ4v) is 5.10. The molecule has 0 spiro atoms. The van der Waals surface area contributed by atoms with Crippen LogP contribution in [0.15, 0.2) is 72.8 Å². The van der Waals surface area contributed by atoms with E-state index in [1.807, 2.05) is 31.2 Å². The Morgan fingerprint density at radius 3 is 2.21 bits per heavy atom. The third kappa shape index (κ3) is 6.78. The predicted molar refractivity (Wildman–Crippen MR) is 152 cm³/mol. The van der Waals surface area contributed by atoms with Gasteiger partial charge in [0.25, 0.3) is 0 Å². The van der Waals surface area contributed by atoms with Gasteiger partial charge in [-0.15, -0.1) is 0 Å². The standard InChI is InChI=1S/C34H37F3O/c1-3-5-6-7-8-22-38-32-21-20-30(33(36)34(32)37)27-16-14-25(15-17-27)28-18-19-29(31(35)23-28)26-12-10-24(9-4-2)11-13-26/h4,9,12,14-21,23-24H,3,5-8,10-11,13,22H2,1-2H3/b9-4+. The molecule has 3 aromatic rings. The molecule has 200 valence electrons. The Hall–Kier alpha value is -3.27. The quantitative estimate of drug-likeness (QED) is 0.181. The Bertz CT molecular complexity index is 1270. The zero-order valence-corrected chi connectivity index (χ0v) is 22.4. The highest BCUT2D eigenvalue weighted by atomic mass is 19.2. The molecule has 4 heteroatoms. The number of allylic oxidation sites excluding steroid dienone is 4. The molecule has 3 aromatic carbocycles. The number of hydrogen-bond acceptors (Lipinski definition) is 1. The molecule has 0 aliphatic heterocycles. The van der Waals surface area contributed by atoms with Gasteiger partial charge >= 0.3 is 0 Å². The largest absolute Gasteiger partial charge is 0.490 e. The lowest BCUT2D eigenvalue weighted by Gasteiger charge is -2.20. The number of hydrogen-bond donors (Lipinski definition) is 0. The summed E-state index contributed by atoms with van der Waals surface area (Å²) in [6.45, 7) is 4.55. The highest BCUT2D eigenvalue weighted by Crippen LogP contribution is 2.35. The third-order valence-electron chi connectivity index (χ3n) is 7.31. The molecule has 0 heterocycles. The van der Waals surface area contributed by atoms with Gasteiger partial charge in [0.05, 0.1) is 6.61 Å². The van der Waals surface area contributed by atoms with E-state index in [-0.39, 0.29) is 17.1 Å². The average molecular weight is 519 g/mol. The lowest BCUT2D eigenvalue weighted by molar-refractivity contribution is 0.285. The van der Waals surface area contributed by atoms with E-state index < -0.39 is 11.6 Å². The molecular formula is C34H37F3O. The lowest BCUT2D eigenvalue weighted by atomic mass is 9.86. The van der Waals surface area contributed by atoms with Crippen LogP contribution in [0.25, 0.3) is 27.8 Å². The Morgan fingerprint density at radius 1 is 0.816 bits per heavy atom. The van der Waals surface area contributed by atoms with Crippen molar-refractivity contribution in [2.75, 3.05) is 6.61 Å². The highest BCUT2D eigenvalue weighted by Gasteiger charge is 2.18. The molecule has 1 aliphatic rings. The Kier molecular flexibility index (Phi) is 9.86. The van der Waals surface area contributed by atoms with Gasteiger partial charge in [-0.05, 0) is 79.0 Å². The summed E-state index contributed by atoms with van der Waals surface area (Å²) in [5.41, 5.74) is 4.00. The van der Waals surface area contributed by atoms with Crippen molar-refractivity contribution in [1.82, 2.24) is 0 Å². The van der Waals surface area contributed by atoms with Crippen LogP contribution in [0.5, 0.6) is 5.75 Å². The van der Waals surface area contributed by atoms with Crippen molar-refractivity contribution in [2.45, 2.75) is 65.2 Å². The molecule has 1 atom stereocenters.